The molecule has 0 spiro atoms. The lowest BCUT2D eigenvalue weighted by atomic mass is 10.1. The molecule has 1 aromatic heterocycles. The Morgan fingerprint density at radius 2 is 2.36 bits per heavy atom. The number of hydrogen-bond donors (Lipinski definition) is 1. The molecule has 1 N–H and O–H groups in total. The maximum absolute atomic E-state index is 8.62. The van der Waals surface area contributed by atoms with Crippen LogP contribution in [-0.2, 0) is 6.61 Å². The normalized spacial score (nSPS) is 13.4. The highest BCUT2D eigenvalue weighted by Gasteiger charge is 2.10. The van der Waals surface area contributed by atoms with E-state index in [0.29, 0.717) is 11.7 Å². The fourth-order valence-corrected chi connectivity index (χ4v) is 0.706. The molecule has 0 saturated heterocycles. The number of hydrogen-bond acceptors (Lipinski definition) is 4. The average Bonchev–Trinajstić information content (AvgIpc) is 2.50. The first-order chi connectivity index (χ1) is 5.27. The topological polar surface area (TPSA) is 59.2 Å². The van der Waals surface area contributed by atoms with Crippen LogP contribution in [0, 0.1) is 0 Å². The van der Waals surface area contributed by atoms with Gasteiger partial charge < -0.3 is 9.63 Å². The first kappa shape index (κ1) is 8.20. The van der Waals surface area contributed by atoms with Crippen molar-refractivity contribution in [1.82, 2.24) is 10.1 Å². The monoisotopic (exact) mass is 156 g/mol. The van der Waals surface area contributed by atoms with E-state index in [1.165, 1.54) is 0 Å². The Balaban J connectivity index is 2.71. The predicted molar refractivity (Wildman–Crippen MR) is 38.9 cm³/mol. The van der Waals surface area contributed by atoms with Crippen LogP contribution in [0.3, 0.4) is 0 Å². The van der Waals surface area contributed by atoms with Crippen LogP contribution in [-0.4, -0.2) is 15.2 Å². The van der Waals surface area contributed by atoms with Crippen molar-refractivity contribution in [2.75, 3.05) is 0 Å². The second-order valence-corrected chi connectivity index (χ2v) is 2.52. The van der Waals surface area contributed by atoms with E-state index in [0.717, 1.165) is 6.42 Å². The highest BCUT2D eigenvalue weighted by Crippen LogP contribution is 2.15. The molecule has 1 rings (SSSR count). The summed E-state index contributed by atoms with van der Waals surface area (Å²) in [5, 5.41) is 12.2. The number of aliphatic hydroxyl groups is 1. The van der Waals surface area contributed by atoms with Crippen molar-refractivity contribution in [3.63, 3.8) is 0 Å². The quantitative estimate of drug-likeness (QED) is 0.711. The van der Waals surface area contributed by atoms with Crippen molar-refractivity contribution in [3.05, 3.63) is 11.7 Å². The molecule has 0 amide bonds. The third-order valence-corrected chi connectivity index (χ3v) is 1.66. The summed E-state index contributed by atoms with van der Waals surface area (Å²) in [5.74, 6) is 1.25. The van der Waals surface area contributed by atoms with E-state index in [9.17, 15) is 0 Å². The molecule has 0 aliphatic rings. The molecule has 0 aromatic carbocycles. The number of aromatic nitrogens is 2. The standard InChI is InChI=1S/C7H12N2O2/c1-3-5(2)7-8-6(4-10)9-11-7/h5,10H,3-4H2,1-2H3. The minimum absolute atomic E-state index is 0.153. The SMILES string of the molecule is CCC(C)c1nc(CO)no1. The summed E-state index contributed by atoms with van der Waals surface area (Å²) in [4.78, 5) is 3.97. The van der Waals surface area contributed by atoms with Gasteiger partial charge in [0.05, 0.1) is 0 Å². The van der Waals surface area contributed by atoms with Gasteiger partial charge in [0.1, 0.15) is 6.61 Å². The van der Waals surface area contributed by atoms with Gasteiger partial charge in [-0.1, -0.05) is 19.0 Å². The van der Waals surface area contributed by atoms with Gasteiger partial charge in [0.15, 0.2) is 5.82 Å². The largest absolute Gasteiger partial charge is 0.388 e. The third kappa shape index (κ3) is 1.77. The van der Waals surface area contributed by atoms with Gasteiger partial charge in [-0.25, -0.2) is 0 Å². The highest BCUT2D eigenvalue weighted by atomic mass is 16.5. The Morgan fingerprint density at radius 1 is 1.64 bits per heavy atom. The number of aliphatic hydroxyl groups excluding tert-OH is 1. The molecule has 0 aliphatic carbocycles. The van der Waals surface area contributed by atoms with Crippen molar-refractivity contribution in [1.29, 1.82) is 0 Å². The van der Waals surface area contributed by atoms with E-state index in [2.05, 4.69) is 10.1 Å². The van der Waals surface area contributed by atoms with Crippen LogP contribution < -0.4 is 0 Å². The van der Waals surface area contributed by atoms with Gasteiger partial charge in [0.2, 0.25) is 5.89 Å². The van der Waals surface area contributed by atoms with Gasteiger partial charge in [-0.05, 0) is 6.42 Å². The van der Waals surface area contributed by atoms with Crippen molar-refractivity contribution < 1.29 is 9.63 Å². The van der Waals surface area contributed by atoms with Crippen LogP contribution >= 0.6 is 0 Å². The van der Waals surface area contributed by atoms with Gasteiger partial charge in [0, 0.05) is 5.92 Å². The Kier molecular flexibility index (Phi) is 2.59. The molecule has 0 saturated carbocycles. The first-order valence-corrected chi connectivity index (χ1v) is 3.71. The van der Waals surface area contributed by atoms with Crippen molar-refractivity contribution >= 4 is 0 Å². The zero-order valence-electron chi connectivity index (χ0n) is 6.74. The van der Waals surface area contributed by atoms with Crippen molar-refractivity contribution in [2.24, 2.45) is 0 Å². The molecule has 62 valence electrons. The molecule has 0 bridgehead atoms. The van der Waals surface area contributed by atoms with Gasteiger partial charge in [-0.15, -0.1) is 0 Å². The van der Waals surface area contributed by atoms with Crippen molar-refractivity contribution in [3.8, 4) is 0 Å². The van der Waals surface area contributed by atoms with E-state index >= 15 is 0 Å². The third-order valence-electron chi connectivity index (χ3n) is 1.66. The van der Waals surface area contributed by atoms with Crippen LogP contribution in [0.25, 0.3) is 0 Å². The molecule has 11 heavy (non-hydrogen) atoms. The summed E-state index contributed by atoms with van der Waals surface area (Å²) >= 11 is 0. The molecule has 1 heterocycles. The van der Waals surface area contributed by atoms with Crippen LogP contribution in [0.1, 0.15) is 37.9 Å². The van der Waals surface area contributed by atoms with Gasteiger partial charge in [0.25, 0.3) is 0 Å². The fourth-order valence-electron chi connectivity index (χ4n) is 0.706. The van der Waals surface area contributed by atoms with Crippen LogP contribution in [0.4, 0.5) is 0 Å². The number of nitrogens with zero attached hydrogens (tertiary/aromatic N) is 2. The molecule has 0 radical (unpaired) electrons. The molecular weight excluding hydrogens is 144 g/mol. The van der Waals surface area contributed by atoms with E-state index < -0.39 is 0 Å². The highest BCUT2D eigenvalue weighted by molar-refractivity contribution is 4.90. The van der Waals surface area contributed by atoms with Gasteiger partial charge in [-0.3, -0.25) is 0 Å². The molecule has 4 nitrogen and oxygen atoms in total. The predicted octanol–water partition coefficient (Wildman–Crippen LogP) is 1.08. The Labute approximate surface area is 65.2 Å². The summed E-state index contributed by atoms with van der Waals surface area (Å²) in [6, 6.07) is 0. The summed E-state index contributed by atoms with van der Waals surface area (Å²) in [6.45, 7) is 3.90. The first-order valence-electron chi connectivity index (χ1n) is 3.71. The molecular formula is C7H12N2O2. The second-order valence-electron chi connectivity index (χ2n) is 2.52. The zero-order valence-corrected chi connectivity index (χ0v) is 6.74. The van der Waals surface area contributed by atoms with E-state index in [4.69, 9.17) is 9.63 Å². The van der Waals surface area contributed by atoms with E-state index in [-0.39, 0.29) is 12.5 Å². The second kappa shape index (κ2) is 3.48. The van der Waals surface area contributed by atoms with Crippen LogP contribution in [0.5, 0.6) is 0 Å². The van der Waals surface area contributed by atoms with E-state index in [1.807, 2.05) is 13.8 Å². The smallest absolute Gasteiger partial charge is 0.229 e. The Bertz CT molecular complexity index is 222. The molecule has 1 unspecified atom stereocenters. The zero-order chi connectivity index (χ0) is 8.27. The summed E-state index contributed by atoms with van der Waals surface area (Å²) in [5.41, 5.74) is 0. The fraction of sp³-hybridized carbons (Fsp3) is 0.714. The molecule has 1 atom stereocenters. The Morgan fingerprint density at radius 3 is 2.82 bits per heavy atom. The number of rotatable bonds is 3. The summed E-state index contributed by atoms with van der Waals surface area (Å²) in [7, 11) is 0. The average molecular weight is 156 g/mol. The maximum Gasteiger partial charge on any atom is 0.229 e. The molecule has 1 aromatic rings. The van der Waals surface area contributed by atoms with E-state index in [1.54, 1.807) is 0 Å². The lowest BCUT2D eigenvalue weighted by Gasteiger charge is -1.98. The van der Waals surface area contributed by atoms with Crippen LogP contribution in [0.2, 0.25) is 0 Å². The summed E-state index contributed by atoms with van der Waals surface area (Å²) < 4.78 is 4.89. The maximum atomic E-state index is 8.62. The molecule has 0 aliphatic heterocycles. The van der Waals surface area contributed by atoms with Gasteiger partial charge >= 0.3 is 0 Å². The summed E-state index contributed by atoms with van der Waals surface area (Å²) in [6.07, 6.45) is 0.965. The molecule has 0 fully saturated rings. The molecule has 4 heteroatoms. The Hall–Kier alpha value is -0.900. The van der Waals surface area contributed by atoms with Gasteiger partial charge in [-0.2, -0.15) is 4.98 Å². The minimum Gasteiger partial charge on any atom is -0.388 e. The van der Waals surface area contributed by atoms with Crippen LogP contribution in [0.15, 0.2) is 4.52 Å². The minimum atomic E-state index is -0.153. The lowest BCUT2D eigenvalue weighted by molar-refractivity contribution is 0.262. The van der Waals surface area contributed by atoms with Crippen molar-refractivity contribution in [2.45, 2.75) is 32.8 Å². The lowest BCUT2D eigenvalue weighted by Crippen LogP contribution is -1.92.